The van der Waals surface area contributed by atoms with E-state index < -0.39 is 0 Å². The highest BCUT2D eigenvalue weighted by molar-refractivity contribution is 6.30. The van der Waals surface area contributed by atoms with E-state index in [0.717, 1.165) is 16.9 Å². The van der Waals surface area contributed by atoms with Crippen LogP contribution in [0.2, 0.25) is 5.02 Å². The normalized spacial score (nSPS) is 10.5. The molecule has 8 heteroatoms. The maximum atomic E-state index is 5.99. The Bertz CT molecular complexity index is 1020. The van der Waals surface area contributed by atoms with Crippen molar-refractivity contribution < 1.29 is 0 Å². The first kappa shape index (κ1) is 16.0. The SMILES string of the molecule is Clc1cccc(Nc2ncnc(Nc3cc(-c4ccccc4)[nH]n3)n2)c1. The first-order valence-electron chi connectivity index (χ1n) is 7.86. The van der Waals surface area contributed by atoms with Gasteiger partial charge >= 0.3 is 0 Å². The lowest BCUT2D eigenvalue weighted by atomic mass is 10.2. The molecule has 0 radical (unpaired) electrons. The molecule has 0 aliphatic rings. The first-order valence-corrected chi connectivity index (χ1v) is 8.23. The average molecular weight is 364 g/mol. The Balaban J connectivity index is 1.50. The zero-order valence-electron chi connectivity index (χ0n) is 13.5. The lowest BCUT2D eigenvalue weighted by Crippen LogP contribution is -2.02. The molecule has 2 aromatic carbocycles. The lowest BCUT2D eigenvalue weighted by molar-refractivity contribution is 1.04. The van der Waals surface area contributed by atoms with E-state index >= 15 is 0 Å². The molecule has 0 saturated heterocycles. The number of H-pyrrole nitrogens is 1. The Morgan fingerprint density at radius 2 is 1.65 bits per heavy atom. The predicted molar refractivity (Wildman–Crippen MR) is 102 cm³/mol. The van der Waals surface area contributed by atoms with Gasteiger partial charge in [-0.25, -0.2) is 9.97 Å². The van der Waals surface area contributed by atoms with Crippen LogP contribution in [-0.2, 0) is 0 Å². The van der Waals surface area contributed by atoms with Crippen molar-refractivity contribution >= 4 is 35.0 Å². The summed E-state index contributed by atoms with van der Waals surface area (Å²) in [7, 11) is 0. The molecule has 3 N–H and O–H groups in total. The van der Waals surface area contributed by atoms with E-state index in [1.54, 1.807) is 12.1 Å². The van der Waals surface area contributed by atoms with Crippen LogP contribution >= 0.6 is 11.6 Å². The standard InChI is InChI=1S/C18H14ClN7/c19-13-7-4-8-14(9-13)22-17-20-11-21-18(24-17)23-16-10-15(25-26-16)12-5-2-1-3-6-12/h1-11H,(H3,20,21,22,23,24,25,26). The van der Waals surface area contributed by atoms with Gasteiger partial charge in [-0.05, 0) is 23.8 Å². The maximum Gasteiger partial charge on any atom is 0.233 e. The summed E-state index contributed by atoms with van der Waals surface area (Å²) in [6.45, 7) is 0. The van der Waals surface area contributed by atoms with Gasteiger partial charge in [0.15, 0.2) is 5.82 Å². The van der Waals surface area contributed by atoms with Gasteiger partial charge < -0.3 is 10.6 Å². The van der Waals surface area contributed by atoms with Crippen molar-refractivity contribution in [2.45, 2.75) is 0 Å². The Kier molecular flexibility index (Phi) is 4.44. The molecule has 4 aromatic rings. The predicted octanol–water partition coefficient (Wildman–Crippen LogP) is 4.40. The van der Waals surface area contributed by atoms with Crippen LogP contribution in [-0.4, -0.2) is 25.1 Å². The van der Waals surface area contributed by atoms with Crippen LogP contribution in [0.15, 0.2) is 67.0 Å². The van der Waals surface area contributed by atoms with Crippen LogP contribution in [0.4, 0.5) is 23.4 Å². The van der Waals surface area contributed by atoms with Crippen molar-refractivity contribution in [3.8, 4) is 11.3 Å². The summed E-state index contributed by atoms with van der Waals surface area (Å²) in [5.74, 6) is 1.41. The summed E-state index contributed by atoms with van der Waals surface area (Å²) in [6, 6.07) is 19.1. The minimum Gasteiger partial charge on any atom is -0.324 e. The molecule has 2 heterocycles. The summed E-state index contributed by atoms with van der Waals surface area (Å²) < 4.78 is 0. The molecule has 0 amide bonds. The third kappa shape index (κ3) is 3.79. The van der Waals surface area contributed by atoms with Crippen LogP contribution in [0, 0.1) is 0 Å². The molecule has 4 rings (SSSR count). The molecule has 0 spiro atoms. The molecule has 0 unspecified atom stereocenters. The van der Waals surface area contributed by atoms with Gasteiger partial charge in [0.2, 0.25) is 11.9 Å². The fourth-order valence-electron chi connectivity index (χ4n) is 2.38. The number of anilines is 4. The summed E-state index contributed by atoms with van der Waals surface area (Å²) in [5, 5.41) is 14.0. The molecule has 7 nitrogen and oxygen atoms in total. The van der Waals surface area contributed by atoms with Gasteiger partial charge in [0.25, 0.3) is 0 Å². The Morgan fingerprint density at radius 3 is 2.46 bits per heavy atom. The highest BCUT2D eigenvalue weighted by Crippen LogP contribution is 2.21. The molecular weight excluding hydrogens is 350 g/mol. The topological polar surface area (TPSA) is 91.4 Å². The Hall–Kier alpha value is -3.45. The molecule has 128 valence electrons. The van der Waals surface area contributed by atoms with Crippen molar-refractivity contribution in [3.05, 3.63) is 72.0 Å². The van der Waals surface area contributed by atoms with Crippen molar-refractivity contribution in [2.75, 3.05) is 10.6 Å². The number of benzene rings is 2. The average Bonchev–Trinajstić information content (AvgIpc) is 3.11. The molecule has 2 aromatic heterocycles. The Labute approximate surface area is 154 Å². The highest BCUT2D eigenvalue weighted by Gasteiger charge is 2.06. The van der Waals surface area contributed by atoms with Gasteiger partial charge in [0.1, 0.15) is 6.33 Å². The third-order valence-corrected chi connectivity index (χ3v) is 3.79. The minimum absolute atomic E-state index is 0.385. The van der Waals surface area contributed by atoms with Gasteiger partial charge in [0, 0.05) is 16.8 Å². The van der Waals surface area contributed by atoms with E-state index in [1.807, 2.05) is 48.5 Å². The quantitative estimate of drug-likeness (QED) is 0.486. The number of aromatic nitrogens is 5. The van der Waals surface area contributed by atoms with Gasteiger partial charge in [-0.2, -0.15) is 10.1 Å². The summed E-state index contributed by atoms with van der Waals surface area (Å²) >= 11 is 5.99. The van der Waals surface area contributed by atoms with Crippen molar-refractivity contribution in [2.24, 2.45) is 0 Å². The molecule has 0 atom stereocenters. The van der Waals surface area contributed by atoms with E-state index in [4.69, 9.17) is 11.6 Å². The molecule has 0 saturated carbocycles. The third-order valence-electron chi connectivity index (χ3n) is 3.56. The van der Waals surface area contributed by atoms with E-state index in [2.05, 4.69) is 35.8 Å². The maximum absolute atomic E-state index is 5.99. The fourth-order valence-corrected chi connectivity index (χ4v) is 2.57. The van der Waals surface area contributed by atoms with E-state index in [1.165, 1.54) is 6.33 Å². The van der Waals surface area contributed by atoms with Crippen molar-refractivity contribution in [1.29, 1.82) is 0 Å². The number of nitrogens with zero attached hydrogens (tertiary/aromatic N) is 4. The second-order valence-electron chi connectivity index (χ2n) is 5.43. The Morgan fingerprint density at radius 1 is 0.846 bits per heavy atom. The van der Waals surface area contributed by atoms with E-state index in [9.17, 15) is 0 Å². The van der Waals surface area contributed by atoms with Gasteiger partial charge in [-0.1, -0.05) is 48.0 Å². The molecule has 0 aliphatic carbocycles. The molecule has 0 bridgehead atoms. The van der Waals surface area contributed by atoms with Crippen molar-refractivity contribution in [3.63, 3.8) is 0 Å². The van der Waals surface area contributed by atoms with Crippen molar-refractivity contribution in [1.82, 2.24) is 25.1 Å². The minimum atomic E-state index is 0.385. The second kappa shape index (κ2) is 7.20. The van der Waals surface area contributed by atoms with Gasteiger partial charge in [0.05, 0.1) is 5.69 Å². The molecule has 0 fully saturated rings. The smallest absolute Gasteiger partial charge is 0.233 e. The molecule has 26 heavy (non-hydrogen) atoms. The summed E-state index contributed by atoms with van der Waals surface area (Å²) in [6.07, 6.45) is 1.42. The van der Waals surface area contributed by atoms with E-state index in [-0.39, 0.29) is 0 Å². The molecule has 0 aliphatic heterocycles. The zero-order valence-corrected chi connectivity index (χ0v) is 14.3. The number of halogens is 1. The largest absolute Gasteiger partial charge is 0.324 e. The summed E-state index contributed by atoms with van der Waals surface area (Å²) in [5.41, 5.74) is 2.74. The van der Waals surface area contributed by atoms with Crippen LogP contribution < -0.4 is 10.6 Å². The lowest BCUT2D eigenvalue weighted by Gasteiger charge is -2.06. The number of aromatic amines is 1. The van der Waals surface area contributed by atoms with Crippen LogP contribution in [0.5, 0.6) is 0 Å². The first-order chi connectivity index (χ1) is 12.8. The molecular formula is C18H14ClN7. The zero-order chi connectivity index (χ0) is 17.8. The van der Waals surface area contributed by atoms with Crippen LogP contribution in [0.3, 0.4) is 0 Å². The van der Waals surface area contributed by atoms with Crippen LogP contribution in [0.25, 0.3) is 11.3 Å². The number of rotatable bonds is 5. The van der Waals surface area contributed by atoms with Gasteiger partial charge in [-0.3, -0.25) is 5.10 Å². The summed E-state index contributed by atoms with van der Waals surface area (Å²) in [4.78, 5) is 12.6. The van der Waals surface area contributed by atoms with Crippen LogP contribution in [0.1, 0.15) is 0 Å². The fraction of sp³-hybridized carbons (Fsp3) is 0. The van der Waals surface area contributed by atoms with Gasteiger partial charge in [-0.15, -0.1) is 0 Å². The second-order valence-corrected chi connectivity index (χ2v) is 5.86. The number of nitrogens with one attached hydrogen (secondary N) is 3. The number of hydrogen-bond donors (Lipinski definition) is 3. The van der Waals surface area contributed by atoms with E-state index in [0.29, 0.717) is 22.7 Å². The monoisotopic (exact) mass is 363 g/mol. The highest BCUT2D eigenvalue weighted by atomic mass is 35.5. The number of hydrogen-bond acceptors (Lipinski definition) is 6.